The van der Waals surface area contributed by atoms with Crippen molar-refractivity contribution in [2.75, 3.05) is 0 Å². The second-order valence-electron chi connectivity index (χ2n) is 2.98. The van der Waals surface area contributed by atoms with Gasteiger partial charge in [0.25, 0.3) is 0 Å². The number of hydrogen-bond acceptors (Lipinski definition) is 0. The number of rotatable bonds is 1. The van der Waals surface area contributed by atoms with Crippen LogP contribution in [0, 0.1) is 0 Å². The standard InChI is InChI=1S/C11H12/c1-2-6-10(7-3-1)11-8-4-5-9-11/h1-2,4-6,8H,3,7,9H2. The highest BCUT2D eigenvalue weighted by Crippen LogP contribution is 2.25. The molecule has 2 aliphatic rings. The minimum absolute atomic E-state index is 1.14. The summed E-state index contributed by atoms with van der Waals surface area (Å²) in [6, 6.07) is 0. The van der Waals surface area contributed by atoms with Crippen LogP contribution in [0.1, 0.15) is 19.3 Å². The summed E-state index contributed by atoms with van der Waals surface area (Å²) in [5.41, 5.74) is 3.03. The fraction of sp³-hybridized carbons (Fsp3) is 0.273. The summed E-state index contributed by atoms with van der Waals surface area (Å²) in [5, 5.41) is 0. The van der Waals surface area contributed by atoms with E-state index < -0.39 is 0 Å². The van der Waals surface area contributed by atoms with E-state index in [2.05, 4.69) is 36.5 Å². The van der Waals surface area contributed by atoms with E-state index in [4.69, 9.17) is 0 Å². The van der Waals surface area contributed by atoms with Crippen molar-refractivity contribution in [1.29, 1.82) is 0 Å². The van der Waals surface area contributed by atoms with Crippen LogP contribution in [0.15, 0.2) is 47.6 Å². The van der Waals surface area contributed by atoms with E-state index >= 15 is 0 Å². The van der Waals surface area contributed by atoms with E-state index in [1.807, 2.05) is 0 Å². The van der Waals surface area contributed by atoms with Crippen molar-refractivity contribution >= 4 is 0 Å². The molecule has 0 unspecified atom stereocenters. The molecule has 0 radical (unpaired) electrons. The lowest BCUT2D eigenvalue weighted by atomic mass is 9.97. The predicted octanol–water partition coefficient (Wildman–Crippen LogP) is 3.15. The summed E-state index contributed by atoms with van der Waals surface area (Å²) in [7, 11) is 0. The third-order valence-corrected chi connectivity index (χ3v) is 2.20. The van der Waals surface area contributed by atoms with Gasteiger partial charge in [0.05, 0.1) is 0 Å². The molecule has 0 heterocycles. The van der Waals surface area contributed by atoms with Gasteiger partial charge in [0, 0.05) is 0 Å². The van der Waals surface area contributed by atoms with Crippen molar-refractivity contribution in [2.45, 2.75) is 19.3 Å². The summed E-state index contributed by atoms with van der Waals surface area (Å²) in [6.45, 7) is 0. The third kappa shape index (κ3) is 1.35. The first kappa shape index (κ1) is 6.66. The van der Waals surface area contributed by atoms with E-state index in [9.17, 15) is 0 Å². The van der Waals surface area contributed by atoms with Gasteiger partial charge in [-0.25, -0.2) is 0 Å². The van der Waals surface area contributed by atoms with Crippen LogP contribution in [-0.4, -0.2) is 0 Å². The molecule has 0 aromatic heterocycles. The van der Waals surface area contributed by atoms with Crippen molar-refractivity contribution in [1.82, 2.24) is 0 Å². The monoisotopic (exact) mass is 144 g/mol. The molecule has 0 saturated carbocycles. The third-order valence-electron chi connectivity index (χ3n) is 2.20. The summed E-state index contributed by atoms with van der Waals surface area (Å²) in [4.78, 5) is 0. The Morgan fingerprint density at radius 1 is 0.909 bits per heavy atom. The molecule has 0 heteroatoms. The molecule has 0 nitrogen and oxygen atoms in total. The minimum atomic E-state index is 1.14. The summed E-state index contributed by atoms with van der Waals surface area (Å²) < 4.78 is 0. The maximum Gasteiger partial charge on any atom is -0.00916 e. The summed E-state index contributed by atoms with van der Waals surface area (Å²) in [6.07, 6.45) is 16.8. The zero-order valence-electron chi connectivity index (χ0n) is 6.59. The molecule has 2 rings (SSSR count). The Hall–Kier alpha value is -1.04. The Morgan fingerprint density at radius 3 is 2.36 bits per heavy atom. The lowest BCUT2D eigenvalue weighted by Crippen LogP contribution is -1.89. The Bertz CT molecular complexity index is 262. The lowest BCUT2D eigenvalue weighted by molar-refractivity contribution is 0.958. The Kier molecular flexibility index (Phi) is 1.76. The van der Waals surface area contributed by atoms with Gasteiger partial charge in [-0.05, 0) is 30.4 Å². The molecule has 0 aromatic carbocycles. The molecule has 0 atom stereocenters. The number of allylic oxidation sites excluding steroid dienone is 8. The first-order valence-corrected chi connectivity index (χ1v) is 4.18. The molecule has 11 heavy (non-hydrogen) atoms. The predicted molar refractivity (Wildman–Crippen MR) is 48.3 cm³/mol. The van der Waals surface area contributed by atoms with E-state index in [1.54, 1.807) is 0 Å². The van der Waals surface area contributed by atoms with Crippen molar-refractivity contribution in [3.63, 3.8) is 0 Å². The molecule has 2 aliphatic carbocycles. The van der Waals surface area contributed by atoms with E-state index in [0.29, 0.717) is 0 Å². The summed E-state index contributed by atoms with van der Waals surface area (Å²) in [5.74, 6) is 0. The molecule has 56 valence electrons. The van der Waals surface area contributed by atoms with Crippen LogP contribution in [0.5, 0.6) is 0 Å². The smallest absolute Gasteiger partial charge is 0.00916 e. The molecule has 0 bridgehead atoms. The van der Waals surface area contributed by atoms with Crippen LogP contribution in [0.4, 0.5) is 0 Å². The minimum Gasteiger partial charge on any atom is -0.0842 e. The van der Waals surface area contributed by atoms with Crippen LogP contribution >= 0.6 is 0 Å². The highest BCUT2D eigenvalue weighted by molar-refractivity contribution is 5.42. The highest BCUT2D eigenvalue weighted by Gasteiger charge is 2.06. The van der Waals surface area contributed by atoms with E-state index in [1.165, 1.54) is 24.0 Å². The largest absolute Gasteiger partial charge is 0.0842 e. The van der Waals surface area contributed by atoms with Crippen molar-refractivity contribution in [3.8, 4) is 0 Å². The fourth-order valence-electron chi connectivity index (χ4n) is 1.56. The van der Waals surface area contributed by atoms with Gasteiger partial charge in [-0.15, -0.1) is 0 Å². The van der Waals surface area contributed by atoms with Crippen molar-refractivity contribution in [2.24, 2.45) is 0 Å². The van der Waals surface area contributed by atoms with E-state index in [-0.39, 0.29) is 0 Å². The maximum atomic E-state index is 2.24. The molecular weight excluding hydrogens is 132 g/mol. The van der Waals surface area contributed by atoms with Crippen LogP contribution < -0.4 is 0 Å². The van der Waals surface area contributed by atoms with Crippen LogP contribution in [0.3, 0.4) is 0 Å². The van der Waals surface area contributed by atoms with Gasteiger partial charge in [-0.1, -0.05) is 36.5 Å². The topological polar surface area (TPSA) is 0 Å². The molecule has 0 saturated heterocycles. The average Bonchev–Trinajstić information content (AvgIpc) is 2.58. The van der Waals surface area contributed by atoms with Crippen molar-refractivity contribution < 1.29 is 0 Å². The SMILES string of the molecule is C1=CCCC(C2=CC=CC2)=C1. The second kappa shape index (κ2) is 2.91. The van der Waals surface area contributed by atoms with Gasteiger partial charge < -0.3 is 0 Å². The van der Waals surface area contributed by atoms with Crippen LogP contribution in [-0.2, 0) is 0 Å². The van der Waals surface area contributed by atoms with Gasteiger partial charge in [0.15, 0.2) is 0 Å². The van der Waals surface area contributed by atoms with Gasteiger partial charge in [-0.3, -0.25) is 0 Å². The molecule has 0 N–H and O–H groups in total. The summed E-state index contributed by atoms with van der Waals surface area (Å²) >= 11 is 0. The molecular formula is C11H12. The molecule has 0 aliphatic heterocycles. The molecule has 0 fully saturated rings. The fourth-order valence-corrected chi connectivity index (χ4v) is 1.56. The average molecular weight is 144 g/mol. The van der Waals surface area contributed by atoms with Gasteiger partial charge in [0.2, 0.25) is 0 Å². The second-order valence-corrected chi connectivity index (χ2v) is 2.98. The normalized spacial score (nSPS) is 21.8. The van der Waals surface area contributed by atoms with Crippen LogP contribution in [0.25, 0.3) is 0 Å². The van der Waals surface area contributed by atoms with E-state index in [0.717, 1.165) is 6.42 Å². The highest BCUT2D eigenvalue weighted by atomic mass is 14.1. The van der Waals surface area contributed by atoms with Crippen LogP contribution in [0.2, 0.25) is 0 Å². The lowest BCUT2D eigenvalue weighted by Gasteiger charge is -2.09. The number of hydrogen-bond donors (Lipinski definition) is 0. The van der Waals surface area contributed by atoms with Gasteiger partial charge in [0.1, 0.15) is 0 Å². The Balaban J connectivity index is 2.16. The first-order chi connectivity index (χ1) is 5.47. The zero-order valence-corrected chi connectivity index (χ0v) is 6.59. The zero-order chi connectivity index (χ0) is 7.52. The Labute approximate surface area is 67.6 Å². The van der Waals surface area contributed by atoms with Gasteiger partial charge in [-0.2, -0.15) is 0 Å². The van der Waals surface area contributed by atoms with Gasteiger partial charge >= 0.3 is 0 Å². The van der Waals surface area contributed by atoms with Crippen molar-refractivity contribution in [3.05, 3.63) is 47.6 Å². The molecule has 0 amide bonds. The molecule has 0 spiro atoms. The maximum absolute atomic E-state index is 2.24. The Morgan fingerprint density at radius 2 is 1.73 bits per heavy atom. The first-order valence-electron chi connectivity index (χ1n) is 4.18. The molecule has 0 aromatic rings. The quantitative estimate of drug-likeness (QED) is 0.530.